The Bertz CT molecular complexity index is 6470. The topological polar surface area (TPSA) is 461 Å². The Hall–Kier alpha value is -14.7. The van der Waals surface area contributed by atoms with Gasteiger partial charge in [-0.25, -0.2) is 18.6 Å². The van der Waals surface area contributed by atoms with Crippen LogP contribution in [-0.2, 0) is 17.7 Å². The van der Waals surface area contributed by atoms with Crippen LogP contribution in [0, 0.1) is 12.8 Å². The van der Waals surface area contributed by atoms with E-state index in [2.05, 4.69) is 134 Å². The first-order valence-electron chi connectivity index (χ1n) is 36.7. The van der Waals surface area contributed by atoms with Crippen LogP contribution in [0.25, 0.3) is 55.4 Å². The quantitative estimate of drug-likeness (QED) is 0.0145. The van der Waals surface area contributed by atoms with Gasteiger partial charge in [0.05, 0.1) is 103 Å². The number of anilines is 2. The third kappa shape index (κ3) is 24.6. The number of carboxylic acid groups (broad SMARTS) is 1. The maximum Gasteiger partial charge on any atom is 2.00 e. The van der Waals surface area contributed by atoms with Crippen LogP contribution in [0.15, 0.2) is 245 Å². The number of pyridine rings is 5. The zero-order chi connectivity index (χ0) is 89.0. The molecular weight excluding hydrogens is 1810 g/mol. The van der Waals surface area contributed by atoms with E-state index < -0.39 is 17.7 Å². The van der Waals surface area contributed by atoms with Gasteiger partial charge in [-0.15, -0.1) is 0 Å². The molecule has 0 fully saturated rings. The Morgan fingerprint density at radius 3 is 1.43 bits per heavy atom. The molecule has 0 aliphatic carbocycles. The molecule has 15 aromatic rings. The van der Waals surface area contributed by atoms with Gasteiger partial charge in [0.25, 0.3) is 40.7 Å². The van der Waals surface area contributed by atoms with Crippen molar-refractivity contribution in [3.8, 4) is 17.8 Å². The maximum absolute atomic E-state index is 13.6. The molecule has 0 unspecified atom stereocenters. The van der Waals surface area contributed by atoms with Crippen molar-refractivity contribution in [1.82, 2.24) is 89.6 Å². The fourth-order valence-corrected chi connectivity index (χ4v) is 12.6. The average molecular weight is 1890 g/mol. The molecule has 6 amide bonds. The van der Waals surface area contributed by atoms with Crippen molar-refractivity contribution in [2.24, 2.45) is 0 Å². The number of fused-ring (bicyclic) bond motifs is 9. The molecule has 0 saturated carbocycles. The average Bonchev–Trinajstić information content (AvgIpc) is 1.65. The van der Waals surface area contributed by atoms with Gasteiger partial charge in [0.1, 0.15) is 5.60 Å². The number of nitrogens with two attached hydrogens (primary N) is 1. The summed E-state index contributed by atoms with van der Waals surface area (Å²) in [6, 6.07) is 43.3. The Morgan fingerprint density at radius 1 is 0.552 bits per heavy atom. The van der Waals surface area contributed by atoms with Gasteiger partial charge in [-0.3, -0.25) is 87.1 Å². The van der Waals surface area contributed by atoms with Crippen LogP contribution in [0.5, 0.6) is 0 Å². The number of benzene rings is 5. The molecule has 38 heteroatoms. The molecule has 1 aliphatic heterocycles. The first kappa shape index (κ1) is 97.5. The van der Waals surface area contributed by atoms with E-state index in [1.165, 1.54) is 85.8 Å². The molecule has 9 N–H and O–H groups in total. The second-order valence-corrected chi connectivity index (χ2v) is 28.3. The molecular formula is C87H77Br3MgN20O14. The number of nitrogen functional groups attached to an aromatic ring is 1. The van der Waals surface area contributed by atoms with Gasteiger partial charge in [-0.1, -0.05) is 24.3 Å². The number of aldehydes is 3. The largest absolute Gasteiger partial charge is 2.00 e. The van der Waals surface area contributed by atoms with Gasteiger partial charge in [-0.05, 0) is 186 Å². The molecule has 0 atom stereocenters. The number of aromatic carboxylic acids is 1. The van der Waals surface area contributed by atoms with Crippen molar-refractivity contribution in [1.29, 1.82) is 0 Å². The van der Waals surface area contributed by atoms with Gasteiger partial charge in [0.2, 0.25) is 0 Å². The number of terminal acetylenes is 1. The number of aromatic amines is 1. The Balaban J connectivity index is 0.000000209. The van der Waals surface area contributed by atoms with Gasteiger partial charge < -0.3 is 76.9 Å². The molecule has 125 heavy (non-hydrogen) atoms. The molecule has 0 bridgehead atoms. The number of carbonyl (C=O) groups excluding carboxylic acids is 9. The van der Waals surface area contributed by atoms with Crippen LogP contribution in [0.2, 0.25) is 0 Å². The zero-order valence-electron chi connectivity index (χ0n) is 67.8. The van der Waals surface area contributed by atoms with Crippen LogP contribution in [0.1, 0.15) is 125 Å². The van der Waals surface area contributed by atoms with Gasteiger partial charge in [-0.2, -0.15) is 15.3 Å². The monoisotopic (exact) mass is 1890 g/mol. The summed E-state index contributed by atoms with van der Waals surface area (Å²) in [6.45, 7) is 5.82. The summed E-state index contributed by atoms with van der Waals surface area (Å²) in [7, 11) is 6.25. The Kier molecular flexibility index (Phi) is 36.2. The van der Waals surface area contributed by atoms with E-state index >= 15 is 0 Å². The molecule has 0 radical (unpaired) electrons. The summed E-state index contributed by atoms with van der Waals surface area (Å²) in [5, 5.41) is 38.7. The summed E-state index contributed by atoms with van der Waals surface area (Å²) < 4.78 is 12.5. The Morgan fingerprint density at radius 2 is 1.00 bits per heavy atom. The third-order valence-electron chi connectivity index (χ3n) is 17.7. The number of ether oxygens (including phenoxy) is 1. The zero-order valence-corrected chi connectivity index (χ0v) is 74.0. The maximum atomic E-state index is 13.6. The minimum atomic E-state index is -0.950. The summed E-state index contributed by atoms with van der Waals surface area (Å²) in [5.41, 5.74) is 14.6. The number of aromatic nitrogens is 13. The number of carboxylic acids is 1. The first-order chi connectivity index (χ1) is 59.2. The number of hydrogen-bond donors (Lipinski definition) is 8. The summed E-state index contributed by atoms with van der Waals surface area (Å²) in [4.78, 5) is 163. The second kappa shape index (κ2) is 46.4. The van der Waals surface area contributed by atoms with Crippen LogP contribution in [0.3, 0.4) is 0 Å². The number of carbonyl (C=O) groups is 10. The molecule has 34 nitrogen and oxygen atoms in total. The van der Waals surface area contributed by atoms with Crippen molar-refractivity contribution < 1.29 is 74.8 Å². The van der Waals surface area contributed by atoms with Crippen LogP contribution < -0.4 is 60.4 Å². The number of H-pyrrole nitrogens is 1. The summed E-state index contributed by atoms with van der Waals surface area (Å²) in [5.74, 6) is -1.92. The summed E-state index contributed by atoms with van der Waals surface area (Å²) in [6.07, 6.45) is 29.3. The molecule has 5 aromatic carbocycles. The van der Waals surface area contributed by atoms with Crippen molar-refractivity contribution >= 4 is 171 Å². The number of rotatable bonds is 12. The van der Waals surface area contributed by atoms with Crippen molar-refractivity contribution in [2.75, 3.05) is 45.8 Å². The molecule has 11 heterocycles. The van der Waals surface area contributed by atoms with E-state index in [-0.39, 0.29) is 104 Å². The van der Waals surface area contributed by atoms with Gasteiger partial charge in [0, 0.05) is 139 Å². The van der Waals surface area contributed by atoms with Gasteiger partial charge >= 0.3 is 35.1 Å². The molecule has 10 aromatic heterocycles. The van der Waals surface area contributed by atoms with E-state index in [0.29, 0.717) is 124 Å². The normalized spacial score (nSPS) is 10.7. The fraction of sp³-hybridized carbons (Fsp3) is 0.126. The Labute approximate surface area is 756 Å². The third-order valence-corrected chi connectivity index (χ3v) is 18.9. The van der Waals surface area contributed by atoms with E-state index in [1.807, 2.05) is 12.1 Å². The standard InChI is InChI=1S/C23H25N5O5.C18H13N5O3.C14H12BrN3O2.C12H8N2.C8H10N2O.C6H4BrNO2.C4H4N2O.C2H.BrH.Mg/c1-23(2,3)33-22(32)26-10-9-17-18(12-26)28-20(15(13-29)11-25-28)27(21(17)31)16-7-5-14(6-8-16)19(30)24-4;1-19-16(25)11-2-4-13(5-3-11)22-17-12(10-24)8-21-23(17)15-9-20-7-6-14(15)18(22)26;1-16-13(19)9-2-4-10(5-3-9)18-14(20)11-6-7-17-8-12(11)15;1-3-9-5-6-10-4-2-8-14-12(10)11(9)13-7-1;1-10-8(11)6-2-4-7(9)5-3-6;7-5-3-8-2-1-4(5)6(9)10;7-3-4-1-5-6-2-4;1-2;;/h5-8,11,13H,9-10,12H2,1-4H3,(H,24,30);2-10H,1H3,(H,19,25);2-8H,1H3,(H,16,19)(H,18,20);1-8H;2-5H,9H2,1H3,(H,10,11);1-3H,(H,9,10);1-3H,(H,5,6);1H;1H;/q;;;;;;;-1;;+2/p-1. The molecule has 0 spiro atoms. The SMILES string of the molecule is CNC(=O)c1ccc(-n2c(=O)c3c(n4ncc(C=O)c24)CN(C(=O)OC(C)(C)C)CC3)cc1.CNC(=O)c1ccc(-n2c(=O)c3ccncc3n3ncc(C=O)c23)cc1.CNC(=O)c1ccc(N)cc1.CNC(=O)c1ccc(NC(=O)c2ccncc2Br)cc1.O=C(O)c1ccncc1Br.O=Cc1cn[nH]c1.[Br-].[C-]#C.[Mg+2].c1cnc2c(c1)ccc1cccnc12. The predicted molar refractivity (Wildman–Crippen MR) is 473 cm³/mol. The van der Waals surface area contributed by atoms with Crippen molar-refractivity contribution in [2.45, 2.75) is 39.3 Å². The van der Waals surface area contributed by atoms with Crippen LogP contribution in [0.4, 0.5) is 16.2 Å². The van der Waals surface area contributed by atoms with E-state index in [9.17, 15) is 57.5 Å². The smallest absolute Gasteiger partial charge is 1.00 e. The minimum Gasteiger partial charge on any atom is -1.00 e. The first-order valence-corrected chi connectivity index (χ1v) is 38.3. The number of amides is 6. The number of halogens is 3. The molecule has 1 aliphatic rings. The minimum absolute atomic E-state index is 0. The summed E-state index contributed by atoms with van der Waals surface area (Å²) >= 11 is 6.33. The van der Waals surface area contributed by atoms with E-state index in [0.717, 1.165) is 28.1 Å². The van der Waals surface area contributed by atoms with Crippen molar-refractivity contribution in [3.05, 3.63) is 323 Å². The number of hydrogen-bond acceptors (Lipinski definition) is 22. The van der Waals surface area contributed by atoms with Crippen molar-refractivity contribution in [3.63, 3.8) is 0 Å². The van der Waals surface area contributed by atoms with Gasteiger partial charge in [0.15, 0.2) is 30.2 Å². The van der Waals surface area contributed by atoms with E-state index in [1.54, 1.807) is 176 Å². The molecule has 632 valence electrons. The fourth-order valence-electron chi connectivity index (χ4n) is 11.8. The van der Waals surface area contributed by atoms with E-state index in [4.69, 9.17) is 22.0 Å². The van der Waals surface area contributed by atoms with Crippen LogP contribution >= 0.6 is 31.9 Å². The predicted octanol–water partition coefficient (Wildman–Crippen LogP) is 7.62. The number of nitrogens with one attached hydrogen (secondary N) is 6. The molecule has 0 saturated heterocycles. The molecule has 16 rings (SSSR count). The van der Waals surface area contributed by atoms with Crippen LogP contribution in [-0.4, -0.2) is 197 Å². The number of nitrogens with zero attached hydrogens (tertiary/aromatic N) is 13. The second-order valence-electron chi connectivity index (χ2n) is 26.6.